The van der Waals surface area contributed by atoms with Crippen LogP contribution in [0, 0.1) is 0 Å². The van der Waals surface area contributed by atoms with Crippen molar-refractivity contribution < 1.29 is 19.5 Å². The predicted molar refractivity (Wildman–Crippen MR) is 62.9 cm³/mol. The molecule has 7 nitrogen and oxygen atoms in total. The second-order valence-corrected chi connectivity index (χ2v) is 3.67. The first-order valence-electron chi connectivity index (χ1n) is 5.35. The van der Waals surface area contributed by atoms with Gasteiger partial charge in [-0.25, -0.2) is 0 Å². The Morgan fingerprint density at radius 1 is 1.44 bits per heavy atom. The van der Waals surface area contributed by atoms with Gasteiger partial charge >= 0.3 is 0 Å². The summed E-state index contributed by atoms with van der Waals surface area (Å²) in [6.45, 7) is 0.465. The maximum Gasteiger partial charge on any atom is 0.251 e. The molecule has 0 unspecified atom stereocenters. The molecule has 1 aliphatic heterocycles. The SMILES string of the molecule is NC(CCNC(=O)c1ccc2c(c1)OCO2)=NO. The number of benzene rings is 1. The lowest BCUT2D eigenvalue weighted by molar-refractivity contribution is 0.0954. The number of ether oxygens (including phenoxy) is 2. The second-order valence-electron chi connectivity index (χ2n) is 3.67. The van der Waals surface area contributed by atoms with Gasteiger partial charge < -0.3 is 25.7 Å². The van der Waals surface area contributed by atoms with E-state index in [1.807, 2.05) is 0 Å². The number of amides is 1. The Morgan fingerprint density at radius 2 is 2.22 bits per heavy atom. The average molecular weight is 251 g/mol. The van der Waals surface area contributed by atoms with Crippen molar-refractivity contribution in [3.63, 3.8) is 0 Å². The summed E-state index contributed by atoms with van der Waals surface area (Å²) in [6, 6.07) is 4.94. The van der Waals surface area contributed by atoms with Crippen molar-refractivity contribution in [1.29, 1.82) is 0 Å². The molecule has 0 radical (unpaired) electrons. The predicted octanol–water partition coefficient (Wildman–Crippen LogP) is 0.282. The summed E-state index contributed by atoms with van der Waals surface area (Å²) >= 11 is 0. The van der Waals surface area contributed by atoms with Gasteiger partial charge in [-0.15, -0.1) is 0 Å². The van der Waals surface area contributed by atoms with E-state index in [1.165, 1.54) is 0 Å². The van der Waals surface area contributed by atoms with Crippen molar-refractivity contribution in [2.24, 2.45) is 10.9 Å². The van der Waals surface area contributed by atoms with Crippen LogP contribution in [0.15, 0.2) is 23.4 Å². The normalized spacial score (nSPS) is 13.4. The van der Waals surface area contributed by atoms with E-state index in [0.29, 0.717) is 23.6 Å². The third kappa shape index (κ3) is 2.62. The van der Waals surface area contributed by atoms with Crippen LogP contribution in [-0.2, 0) is 0 Å². The fourth-order valence-electron chi connectivity index (χ4n) is 1.49. The molecule has 18 heavy (non-hydrogen) atoms. The van der Waals surface area contributed by atoms with Crippen molar-refractivity contribution in [3.05, 3.63) is 23.8 Å². The number of fused-ring (bicyclic) bond motifs is 1. The van der Waals surface area contributed by atoms with Gasteiger partial charge in [-0.3, -0.25) is 4.79 Å². The Hall–Kier alpha value is -2.44. The number of rotatable bonds is 4. The van der Waals surface area contributed by atoms with Crippen molar-refractivity contribution in [1.82, 2.24) is 5.32 Å². The van der Waals surface area contributed by atoms with E-state index in [4.69, 9.17) is 20.4 Å². The van der Waals surface area contributed by atoms with Gasteiger partial charge in [-0.1, -0.05) is 5.16 Å². The smallest absolute Gasteiger partial charge is 0.251 e. The van der Waals surface area contributed by atoms with Gasteiger partial charge in [0.05, 0.1) is 0 Å². The number of nitrogens with two attached hydrogens (primary N) is 1. The van der Waals surface area contributed by atoms with Crippen molar-refractivity contribution >= 4 is 11.7 Å². The van der Waals surface area contributed by atoms with E-state index in [9.17, 15) is 4.79 Å². The molecule has 0 spiro atoms. The fraction of sp³-hybridized carbons (Fsp3) is 0.273. The topological polar surface area (TPSA) is 106 Å². The largest absolute Gasteiger partial charge is 0.454 e. The lowest BCUT2D eigenvalue weighted by atomic mass is 10.2. The molecule has 0 saturated carbocycles. The molecule has 1 aromatic carbocycles. The zero-order valence-electron chi connectivity index (χ0n) is 9.55. The summed E-state index contributed by atoms with van der Waals surface area (Å²) in [4.78, 5) is 11.8. The van der Waals surface area contributed by atoms with Gasteiger partial charge in [0.2, 0.25) is 6.79 Å². The van der Waals surface area contributed by atoms with E-state index in [2.05, 4.69) is 10.5 Å². The third-order valence-corrected chi connectivity index (χ3v) is 2.43. The molecule has 0 bridgehead atoms. The van der Waals surface area contributed by atoms with Gasteiger partial charge in [0, 0.05) is 18.5 Å². The maximum absolute atomic E-state index is 11.8. The first kappa shape index (κ1) is 12.0. The second kappa shape index (κ2) is 5.26. The minimum atomic E-state index is -0.251. The Bertz CT molecular complexity index is 487. The van der Waals surface area contributed by atoms with E-state index in [0.717, 1.165) is 0 Å². The number of carbonyl (C=O) groups excluding carboxylic acids is 1. The number of hydrogen-bond acceptors (Lipinski definition) is 5. The minimum Gasteiger partial charge on any atom is -0.454 e. The van der Waals surface area contributed by atoms with Crippen LogP contribution in [-0.4, -0.2) is 30.3 Å². The van der Waals surface area contributed by atoms with Gasteiger partial charge in [0.15, 0.2) is 11.5 Å². The van der Waals surface area contributed by atoms with Crippen LogP contribution in [0.1, 0.15) is 16.8 Å². The summed E-state index contributed by atoms with van der Waals surface area (Å²) in [5, 5.41) is 13.8. The van der Waals surface area contributed by atoms with Crippen molar-refractivity contribution in [2.45, 2.75) is 6.42 Å². The number of carbonyl (C=O) groups is 1. The molecule has 0 aromatic heterocycles. The zero-order chi connectivity index (χ0) is 13.0. The lowest BCUT2D eigenvalue weighted by Crippen LogP contribution is -2.27. The number of nitrogens with one attached hydrogen (secondary N) is 1. The molecule has 7 heteroatoms. The number of nitrogens with zero attached hydrogens (tertiary/aromatic N) is 1. The van der Waals surface area contributed by atoms with Gasteiger partial charge in [0.25, 0.3) is 5.91 Å². The fourth-order valence-corrected chi connectivity index (χ4v) is 1.49. The Kier molecular flexibility index (Phi) is 3.52. The quantitative estimate of drug-likeness (QED) is 0.308. The number of amidine groups is 1. The van der Waals surface area contributed by atoms with Crippen LogP contribution in [0.4, 0.5) is 0 Å². The molecule has 2 rings (SSSR count). The van der Waals surface area contributed by atoms with Crippen LogP contribution in [0.3, 0.4) is 0 Å². The lowest BCUT2D eigenvalue weighted by Gasteiger charge is -2.05. The van der Waals surface area contributed by atoms with Crippen LogP contribution in [0.25, 0.3) is 0 Å². The van der Waals surface area contributed by atoms with Gasteiger partial charge in [-0.2, -0.15) is 0 Å². The molecule has 0 fully saturated rings. The highest BCUT2D eigenvalue weighted by Crippen LogP contribution is 2.32. The first-order valence-corrected chi connectivity index (χ1v) is 5.35. The van der Waals surface area contributed by atoms with Crippen LogP contribution < -0.4 is 20.5 Å². The zero-order valence-corrected chi connectivity index (χ0v) is 9.55. The summed E-state index contributed by atoms with van der Waals surface area (Å²) in [5.74, 6) is 1.00. The highest BCUT2D eigenvalue weighted by atomic mass is 16.7. The van der Waals surface area contributed by atoms with E-state index >= 15 is 0 Å². The Balaban J connectivity index is 1.93. The van der Waals surface area contributed by atoms with Gasteiger partial charge in [-0.05, 0) is 18.2 Å². The van der Waals surface area contributed by atoms with Crippen LogP contribution >= 0.6 is 0 Å². The molecule has 0 saturated heterocycles. The van der Waals surface area contributed by atoms with E-state index in [-0.39, 0.29) is 25.0 Å². The maximum atomic E-state index is 11.8. The minimum absolute atomic E-state index is 0.0704. The van der Waals surface area contributed by atoms with Crippen molar-refractivity contribution in [3.8, 4) is 11.5 Å². The Morgan fingerprint density at radius 3 is 3.00 bits per heavy atom. The molecule has 1 heterocycles. The Labute approximate surface area is 103 Å². The number of hydrogen-bond donors (Lipinski definition) is 3. The van der Waals surface area contributed by atoms with Gasteiger partial charge in [0.1, 0.15) is 5.84 Å². The average Bonchev–Trinajstić information content (AvgIpc) is 2.85. The molecule has 1 aromatic rings. The first-order chi connectivity index (χ1) is 8.70. The highest BCUT2D eigenvalue weighted by molar-refractivity contribution is 5.95. The molecule has 1 amide bonds. The standard InChI is InChI=1S/C11H13N3O4/c12-10(14-16)3-4-13-11(15)7-1-2-8-9(5-7)18-6-17-8/h1-2,5,16H,3-4,6H2,(H2,12,14)(H,13,15). The number of oxime groups is 1. The molecular formula is C11H13N3O4. The highest BCUT2D eigenvalue weighted by Gasteiger charge is 2.15. The molecule has 4 N–H and O–H groups in total. The van der Waals surface area contributed by atoms with Crippen LogP contribution in [0.5, 0.6) is 11.5 Å². The van der Waals surface area contributed by atoms with Crippen LogP contribution in [0.2, 0.25) is 0 Å². The monoisotopic (exact) mass is 251 g/mol. The summed E-state index contributed by atoms with van der Waals surface area (Å²) in [5.41, 5.74) is 5.75. The molecule has 0 aliphatic carbocycles. The third-order valence-electron chi connectivity index (χ3n) is 2.43. The van der Waals surface area contributed by atoms with Crippen molar-refractivity contribution in [2.75, 3.05) is 13.3 Å². The summed E-state index contributed by atoms with van der Waals surface area (Å²) < 4.78 is 10.3. The van der Waals surface area contributed by atoms with E-state index < -0.39 is 0 Å². The molecule has 0 atom stereocenters. The molecule has 1 aliphatic rings. The summed E-state index contributed by atoms with van der Waals surface area (Å²) in [6.07, 6.45) is 0.285. The molecule has 96 valence electrons. The summed E-state index contributed by atoms with van der Waals surface area (Å²) in [7, 11) is 0. The molecular weight excluding hydrogens is 238 g/mol. The van der Waals surface area contributed by atoms with E-state index in [1.54, 1.807) is 18.2 Å².